The zero-order valence-corrected chi connectivity index (χ0v) is 11.2. The lowest BCUT2D eigenvalue weighted by Crippen LogP contribution is -2.09. The van der Waals surface area contributed by atoms with Crippen molar-refractivity contribution in [2.45, 2.75) is 13.3 Å². The van der Waals surface area contributed by atoms with E-state index in [-0.39, 0.29) is 11.6 Å². The van der Waals surface area contributed by atoms with Crippen molar-refractivity contribution >= 4 is 21.7 Å². The number of anilines is 1. The maximum Gasteiger partial charge on any atom is 0.191 e. The molecule has 4 nitrogen and oxygen atoms in total. The number of hydrogen-bond donors (Lipinski definition) is 1. The van der Waals surface area contributed by atoms with Crippen LogP contribution in [-0.2, 0) is 0 Å². The molecule has 0 atom stereocenters. The summed E-state index contributed by atoms with van der Waals surface area (Å²) in [6.45, 7) is 2.51. The highest BCUT2D eigenvalue weighted by atomic mass is 79.9. The van der Waals surface area contributed by atoms with Crippen molar-refractivity contribution in [1.82, 2.24) is 14.8 Å². The molecule has 2 rings (SSSR count). The van der Waals surface area contributed by atoms with Crippen LogP contribution in [0.15, 0.2) is 22.9 Å². The van der Waals surface area contributed by atoms with Crippen LogP contribution in [0, 0.1) is 11.6 Å². The third-order valence-corrected chi connectivity index (χ3v) is 2.63. The van der Waals surface area contributed by atoms with Gasteiger partial charge in [-0.15, -0.1) is 0 Å². The lowest BCUT2D eigenvalue weighted by molar-refractivity contribution is 0.562. The van der Waals surface area contributed by atoms with E-state index in [1.54, 1.807) is 6.20 Å². The molecule has 2 aromatic rings. The van der Waals surface area contributed by atoms with Crippen LogP contribution in [0.25, 0.3) is 5.82 Å². The van der Waals surface area contributed by atoms with E-state index in [4.69, 9.17) is 0 Å². The van der Waals surface area contributed by atoms with E-state index >= 15 is 0 Å². The molecule has 0 saturated carbocycles. The van der Waals surface area contributed by atoms with Crippen LogP contribution in [0.1, 0.15) is 13.3 Å². The minimum atomic E-state index is -0.759. The summed E-state index contributed by atoms with van der Waals surface area (Å²) in [5.74, 6) is -1.48. The van der Waals surface area contributed by atoms with Gasteiger partial charge in [0.05, 0.1) is 10.7 Å². The van der Waals surface area contributed by atoms with Crippen LogP contribution in [0.3, 0.4) is 0 Å². The number of hydrogen-bond acceptors (Lipinski definition) is 3. The Morgan fingerprint density at radius 3 is 2.78 bits per heavy atom. The first-order chi connectivity index (χ1) is 8.61. The van der Waals surface area contributed by atoms with Gasteiger partial charge in [0.2, 0.25) is 0 Å². The van der Waals surface area contributed by atoms with Crippen LogP contribution in [-0.4, -0.2) is 21.3 Å². The minimum absolute atomic E-state index is 0.0277. The smallest absolute Gasteiger partial charge is 0.191 e. The van der Waals surface area contributed by atoms with Crippen molar-refractivity contribution in [3.05, 3.63) is 34.6 Å². The molecule has 0 aliphatic carbocycles. The fraction of sp³-hybridized carbons (Fsp3) is 0.273. The summed E-state index contributed by atoms with van der Waals surface area (Å²) < 4.78 is 29.0. The van der Waals surface area contributed by atoms with Gasteiger partial charge < -0.3 is 5.32 Å². The Kier molecular flexibility index (Phi) is 3.90. The predicted octanol–water partition coefficient (Wildman–Crippen LogP) is 3.13. The number of pyridine rings is 1. The van der Waals surface area contributed by atoms with Gasteiger partial charge in [-0.25, -0.2) is 18.4 Å². The van der Waals surface area contributed by atoms with Crippen molar-refractivity contribution in [3.8, 4) is 5.82 Å². The molecule has 0 saturated heterocycles. The highest BCUT2D eigenvalue weighted by molar-refractivity contribution is 9.10. The normalized spacial score (nSPS) is 10.7. The lowest BCUT2D eigenvalue weighted by atomic mass is 10.4. The van der Waals surface area contributed by atoms with Crippen LogP contribution >= 0.6 is 15.9 Å². The van der Waals surface area contributed by atoms with Crippen molar-refractivity contribution in [3.63, 3.8) is 0 Å². The molecule has 0 spiro atoms. The first-order valence-corrected chi connectivity index (χ1v) is 6.21. The molecule has 2 heterocycles. The molecule has 0 aliphatic rings. The molecular weight excluding hydrogens is 306 g/mol. The average molecular weight is 317 g/mol. The summed E-state index contributed by atoms with van der Waals surface area (Å²) >= 11 is 3.21. The van der Waals surface area contributed by atoms with E-state index in [9.17, 15) is 8.78 Å². The van der Waals surface area contributed by atoms with Gasteiger partial charge in [0.25, 0.3) is 0 Å². The summed E-state index contributed by atoms with van der Waals surface area (Å²) in [6, 6.07) is 0.801. The fourth-order valence-corrected chi connectivity index (χ4v) is 1.69. The third kappa shape index (κ3) is 2.66. The molecule has 7 heteroatoms. The molecule has 0 unspecified atom stereocenters. The highest BCUT2D eigenvalue weighted by Gasteiger charge is 2.13. The Morgan fingerprint density at radius 2 is 2.17 bits per heavy atom. The molecule has 0 bridgehead atoms. The Bertz CT molecular complexity index is 556. The molecule has 0 aliphatic heterocycles. The van der Waals surface area contributed by atoms with Crippen molar-refractivity contribution in [2.24, 2.45) is 0 Å². The van der Waals surface area contributed by atoms with Crippen LogP contribution in [0.2, 0.25) is 0 Å². The quantitative estimate of drug-likeness (QED) is 0.942. The molecule has 0 aromatic carbocycles. The molecule has 0 radical (unpaired) electrons. The van der Waals surface area contributed by atoms with E-state index in [1.807, 2.05) is 6.92 Å². The standard InChI is InChI=1S/C11H11BrF2N4/c1-2-3-15-10-8(13)4-9(14)11(17-10)18-6-7(12)5-16-18/h4-6H,2-3H2,1H3,(H,15,17). The van der Waals surface area contributed by atoms with Crippen molar-refractivity contribution < 1.29 is 8.78 Å². The molecule has 0 fully saturated rings. The van der Waals surface area contributed by atoms with Gasteiger partial charge in [-0.05, 0) is 22.4 Å². The number of halogens is 3. The van der Waals surface area contributed by atoms with Gasteiger partial charge in [0.15, 0.2) is 23.3 Å². The Hall–Kier alpha value is -1.50. The second-order valence-electron chi connectivity index (χ2n) is 3.65. The van der Waals surface area contributed by atoms with Gasteiger partial charge in [-0.1, -0.05) is 6.92 Å². The van der Waals surface area contributed by atoms with Gasteiger partial charge in [-0.3, -0.25) is 0 Å². The van der Waals surface area contributed by atoms with Crippen LogP contribution < -0.4 is 5.32 Å². The van der Waals surface area contributed by atoms with Crippen LogP contribution in [0.5, 0.6) is 0 Å². The molecule has 2 aromatic heterocycles. The summed E-state index contributed by atoms with van der Waals surface area (Å²) in [6.07, 6.45) is 3.87. The second kappa shape index (κ2) is 5.43. The number of nitrogens with one attached hydrogen (secondary N) is 1. The largest absolute Gasteiger partial charge is 0.368 e. The summed E-state index contributed by atoms with van der Waals surface area (Å²) in [4.78, 5) is 3.91. The third-order valence-electron chi connectivity index (χ3n) is 2.22. The van der Waals surface area contributed by atoms with Gasteiger partial charge in [0, 0.05) is 18.8 Å². The van der Waals surface area contributed by atoms with E-state index in [0.717, 1.165) is 12.5 Å². The maximum atomic E-state index is 13.6. The summed E-state index contributed by atoms with van der Waals surface area (Å²) in [7, 11) is 0. The number of aromatic nitrogens is 3. The fourth-order valence-electron chi connectivity index (χ4n) is 1.40. The summed E-state index contributed by atoms with van der Waals surface area (Å²) in [5.41, 5.74) is 0. The van der Waals surface area contributed by atoms with Gasteiger partial charge in [-0.2, -0.15) is 5.10 Å². The molecule has 0 amide bonds. The number of rotatable bonds is 4. The molecule has 18 heavy (non-hydrogen) atoms. The highest BCUT2D eigenvalue weighted by Crippen LogP contribution is 2.19. The van der Waals surface area contributed by atoms with E-state index in [1.165, 1.54) is 10.9 Å². The Labute approximate surface area is 111 Å². The SMILES string of the molecule is CCCNc1nc(-n2cc(Br)cn2)c(F)cc1F. The van der Waals surface area contributed by atoms with Crippen LogP contribution in [0.4, 0.5) is 14.6 Å². The number of nitrogens with zero attached hydrogens (tertiary/aromatic N) is 3. The van der Waals surface area contributed by atoms with E-state index in [0.29, 0.717) is 11.0 Å². The first-order valence-electron chi connectivity index (χ1n) is 5.42. The minimum Gasteiger partial charge on any atom is -0.368 e. The second-order valence-corrected chi connectivity index (χ2v) is 4.57. The lowest BCUT2D eigenvalue weighted by Gasteiger charge is -2.08. The van der Waals surface area contributed by atoms with Crippen molar-refractivity contribution in [1.29, 1.82) is 0 Å². The molecular formula is C11H11BrF2N4. The molecule has 96 valence electrons. The van der Waals surface area contributed by atoms with Crippen molar-refractivity contribution in [2.75, 3.05) is 11.9 Å². The first kappa shape index (κ1) is 12.9. The average Bonchev–Trinajstić information content (AvgIpc) is 2.74. The van der Waals surface area contributed by atoms with Gasteiger partial charge >= 0.3 is 0 Å². The van der Waals surface area contributed by atoms with E-state index < -0.39 is 11.6 Å². The maximum absolute atomic E-state index is 13.6. The Balaban J connectivity index is 2.41. The van der Waals surface area contributed by atoms with E-state index in [2.05, 4.69) is 31.3 Å². The molecule has 1 N–H and O–H groups in total. The zero-order chi connectivity index (χ0) is 13.1. The zero-order valence-electron chi connectivity index (χ0n) is 9.62. The predicted molar refractivity (Wildman–Crippen MR) is 67.8 cm³/mol. The van der Waals surface area contributed by atoms with Gasteiger partial charge in [0.1, 0.15) is 0 Å². The monoisotopic (exact) mass is 316 g/mol. The topological polar surface area (TPSA) is 42.7 Å². The Morgan fingerprint density at radius 1 is 1.39 bits per heavy atom. The summed E-state index contributed by atoms with van der Waals surface area (Å²) in [5, 5.41) is 6.72.